The van der Waals surface area contributed by atoms with E-state index in [1.54, 1.807) is 23.9 Å². The lowest BCUT2D eigenvalue weighted by atomic mass is 10.0. The molecule has 1 aliphatic rings. The van der Waals surface area contributed by atoms with Crippen LogP contribution in [-0.4, -0.2) is 32.3 Å². The Hall–Kier alpha value is -3.06. The molecule has 0 radical (unpaired) electrons. The first-order valence-corrected chi connectivity index (χ1v) is 9.33. The maximum atomic E-state index is 13.2. The van der Waals surface area contributed by atoms with Crippen LogP contribution in [0.5, 0.6) is 0 Å². The van der Waals surface area contributed by atoms with Crippen molar-refractivity contribution >= 4 is 21.9 Å². The molecule has 1 fully saturated rings. The molecule has 3 aromatic heterocycles. The average Bonchev–Trinajstić information content (AvgIpc) is 3.00. The van der Waals surface area contributed by atoms with Gasteiger partial charge in [-0.25, -0.2) is 9.78 Å². The second kappa shape index (κ2) is 6.53. The third-order valence-corrected chi connectivity index (χ3v) is 5.48. The molecule has 28 heavy (non-hydrogen) atoms. The van der Waals surface area contributed by atoms with Gasteiger partial charge in [-0.05, 0) is 42.7 Å². The van der Waals surface area contributed by atoms with Crippen molar-refractivity contribution in [3.63, 3.8) is 0 Å². The number of hydrogen-bond acceptors (Lipinski definition) is 4. The third kappa shape index (κ3) is 2.62. The molecule has 1 saturated heterocycles. The number of hydrogen-bond donors (Lipinski definition) is 0. The standard InChI is InChI=1S/C21H19FN4O2/c1-25-18-11-23-17-6-4-13(14-5-7-19(22)24-10-14)9-16(17)20(18)26(21(25)27)15-3-2-8-28-12-15/h4-7,9-11,15H,2-3,8,12H2,1H3. The number of imidazole rings is 1. The highest BCUT2D eigenvalue weighted by Crippen LogP contribution is 2.31. The summed E-state index contributed by atoms with van der Waals surface area (Å²) in [5, 5.41) is 0.891. The molecule has 0 bridgehead atoms. The zero-order chi connectivity index (χ0) is 19.3. The first-order chi connectivity index (χ1) is 13.6. The van der Waals surface area contributed by atoms with Gasteiger partial charge in [0.1, 0.15) is 0 Å². The molecule has 1 aromatic carbocycles. The Morgan fingerprint density at radius 2 is 2.00 bits per heavy atom. The number of aromatic nitrogens is 4. The Labute approximate surface area is 160 Å². The zero-order valence-electron chi connectivity index (χ0n) is 15.4. The van der Waals surface area contributed by atoms with Crippen molar-refractivity contribution in [2.45, 2.75) is 18.9 Å². The number of rotatable bonds is 2. The fourth-order valence-corrected chi connectivity index (χ4v) is 4.02. The lowest BCUT2D eigenvalue weighted by molar-refractivity contribution is 0.0593. The van der Waals surface area contributed by atoms with E-state index in [0.29, 0.717) is 6.61 Å². The summed E-state index contributed by atoms with van der Waals surface area (Å²) in [6, 6.07) is 8.91. The van der Waals surface area contributed by atoms with E-state index in [4.69, 9.17) is 4.74 Å². The lowest BCUT2D eigenvalue weighted by Crippen LogP contribution is -2.31. The summed E-state index contributed by atoms with van der Waals surface area (Å²) in [4.78, 5) is 21.3. The van der Waals surface area contributed by atoms with Gasteiger partial charge >= 0.3 is 5.69 Å². The predicted molar refractivity (Wildman–Crippen MR) is 105 cm³/mol. The molecule has 4 aromatic rings. The van der Waals surface area contributed by atoms with E-state index >= 15 is 0 Å². The molecule has 0 saturated carbocycles. The second-order valence-corrected chi connectivity index (χ2v) is 7.18. The van der Waals surface area contributed by atoms with Crippen molar-refractivity contribution in [2.75, 3.05) is 13.2 Å². The Morgan fingerprint density at radius 3 is 2.75 bits per heavy atom. The molecule has 0 aliphatic carbocycles. The SMILES string of the molecule is Cn1c(=O)n(C2CCCOC2)c2c3cc(-c4ccc(F)nc4)ccc3ncc21. The van der Waals surface area contributed by atoms with Gasteiger partial charge in [0.05, 0.1) is 35.4 Å². The van der Waals surface area contributed by atoms with Gasteiger partial charge in [0.2, 0.25) is 5.95 Å². The van der Waals surface area contributed by atoms with Crippen LogP contribution in [0.1, 0.15) is 18.9 Å². The van der Waals surface area contributed by atoms with Gasteiger partial charge in [0.15, 0.2) is 0 Å². The van der Waals surface area contributed by atoms with E-state index < -0.39 is 5.95 Å². The van der Waals surface area contributed by atoms with Gasteiger partial charge in [-0.2, -0.15) is 4.39 Å². The Morgan fingerprint density at radius 1 is 1.14 bits per heavy atom. The zero-order valence-corrected chi connectivity index (χ0v) is 15.4. The molecular formula is C21H19FN4O2. The quantitative estimate of drug-likeness (QED) is 0.501. The number of fused-ring (bicyclic) bond motifs is 3. The van der Waals surface area contributed by atoms with E-state index in [9.17, 15) is 9.18 Å². The van der Waals surface area contributed by atoms with Gasteiger partial charge in [-0.1, -0.05) is 6.07 Å². The summed E-state index contributed by atoms with van der Waals surface area (Å²) >= 11 is 0. The molecule has 6 nitrogen and oxygen atoms in total. The minimum absolute atomic E-state index is 0.00620. The van der Waals surface area contributed by atoms with Gasteiger partial charge in [0, 0.05) is 30.8 Å². The Bertz CT molecular complexity index is 1240. The van der Waals surface area contributed by atoms with Crippen LogP contribution in [0.15, 0.2) is 47.5 Å². The fraction of sp³-hybridized carbons (Fsp3) is 0.286. The van der Waals surface area contributed by atoms with Crippen LogP contribution in [0.4, 0.5) is 4.39 Å². The van der Waals surface area contributed by atoms with E-state index in [1.165, 1.54) is 12.3 Å². The molecule has 5 rings (SSSR count). The van der Waals surface area contributed by atoms with E-state index in [-0.39, 0.29) is 11.7 Å². The van der Waals surface area contributed by atoms with Crippen LogP contribution in [0.2, 0.25) is 0 Å². The third-order valence-electron chi connectivity index (χ3n) is 5.48. The number of benzene rings is 1. The highest BCUT2D eigenvalue weighted by molar-refractivity contribution is 6.04. The fourth-order valence-electron chi connectivity index (χ4n) is 4.02. The van der Waals surface area contributed by atoms with Gasteiger partial charge < -0.3 is 4.74 Å². The minimum atomic E-state index is -0.511. The number of aryl methyl sites for hydroxylation is 1. The van der Waals surface area contributed by atoms with Crippen molar-refractivity contribution in [2.24, 2.45) is 7.05 Å². The number of ether oxygens (including phenoxy) is 1. The van der Waals surface area contributed by atoms with Gasteiger partial charge in [-0.15, -0.1) is 0 Å². The van der Waals surface area contributed by atoms with Crippen LogP contribution in [0.25, 0.3) is 33.1 Å². The van der Waals surface area contributed by atoms with Crippen LogP contribution < -0.4 is 5.69 Å². The highest BCUT2D eigenvalue weighted by Gasteiger charge is 2.23. The average molecular weight is 378 g/mol. The molecule has 1 aliphatic heterocycles. The molecule has 1 atom stereocenters. The minimum Gasteiger partial charge on any atom is -0.379 e. The van der Waals surface area contributed by atoms with Crippen molar-refractivity contribution in [3.8, 4) is 11.1 Å². The normalized spacial score (nSPS) is 17.4. The van der Waals surface area contributed by atoms with Crippen molar-refractivity contribution in [3.05, 3.63) is 59.2 Å². The van der Waals surface area contributed by atoms with Crippen LogP contribution >= 0.6 is 0 Å². The van der Waals surface area contributed by atoms with Crippen molar-refractivity contribution in [1.82, 2.24) is 19.1 Å². The molecule has 4 heterocycles. The number of halogens is 1. The number of pyridine rings is 2. The maximum Gasteiger partial charge on any atom is 0.329 e. The molecule has 1 unspecified atom stereocenters. The van der Waals surface area contributed by atoms with E-state index in [2.05, 4.69) is 9.97 Å². The summed E-state index contributed by atoms with van der Waals surface area (Å²) in [5.41, 5.74) is 4.11. The summed E-state index contributed by atoms with van der Waals surface area (Å²) in [7, 11) is 1.77. The summed E-state index contributed by atoms with van der Waals surface area (Å²) in [5.74, 6) is -0.511. The predicted octanol–water partition coefficient (Wildman–Crippen LogP) is 3.44. The second-order valence-electron chi connectivity index (χ2n) is 7.18. The molecule has 0 spiro atoms. The van der Waals surface area contributed by atoms with Crippen molar-refractivity contribution < 1.29 is 9.13 Å². The number of nitrogens with zero attached hydrogens (tertiary/aromatic N) is 4. The summed E-state index contributed by atoms with van der Waals surface area (Å²) < 4.78 is 22.3. The molecule has 0 N–H and O–H groups in total. The van der Waals surface area contributed by atoms with Crippen LogP contribution in [0, 0.1) is 5.95 Å². The largest absolute Gasteiger partial charge is 0.379 e. The highest BCUT2D eigenvalue weighted by atomic mass is 19.1. The van der Waals surface area contributed by atoms with Crippen LogP contribution in [0.3, 0.4) is 0 Å². The van der Waals surface area contributed by atoms with Crippen molar-refractivity contribution in [1.29, 1.82) is 0 Å². The molecule has 0 amide bonds. The lowest BCUT2D eigenvalue weighted by Gasteiger charge is -2.23. The Kier molecular flexibility index (Phi) is 3.98. The van der Waals surface area contributed by atoms with E-state index in [1.807, 2.05) is 22.8 Å². The first kappa shape index (κ1) is 17.1. The maximum absolute atomic E-state index is 13.2. The topological polar surface area (TPSA) is 61.9 Å². The van der Waals surface area contributed by atoms with Gasteiger partial charge in [-0.3, -0.25) is 14.1 Å². The van der Waals surface area contributed by atoms with Crippen LogP contribution in [-0.2, 0) is 11.8 Å². The molecular weight excluding hydrogens is 359 g/mol. The Balaban J connectivity index is 1.79. The molecule has 7 heteroatoms. The molecule has 142 valence electrons. The monoisotopic (exact) mass is 378 g/mol. The first-order valence-electron chi connectivity index (χ1n) is 9.33. The summed E-state index contributed by atoms with van der Waals surface area (Å²) in [6.45, 7) is 1.27. The smallest absolute Gasteiger partial charge is 0.329 e. The summed E-state index contributed by atoms with van der Waals surface area (Å²) in [6.07, 6.45) is 5.10. The van der Waals surface area contributed by atoms with Gasteiger partial charge in [0.25, 0.3) is 0 Å². The van der Waals surface area contributed by atoms with E-state index in [0.717, 1.165) is 52.5 Å².